The monoisotopic (exact) mass is 525 g/mol. The van der Waals surface area contributed by atoms with E-state index in [-0.39, 0.29) is 67.0 Å². The van der Waals surface area contributed by atoms with Crippen molar-refractivity contribution >= 4 is 46.6 Å². The van der Waals surface area contributed by atoms with Gasteiger partial charge in [0.2, 0.25) is 5.78 Å². The van der Waals surface area contributed by atoms with Gasteiger partial charge in [-0.1, -0.05) is 25.5 Å². The van der Waals surface area contributed by atoms with E-state index in [0.717, 1.165) is 12.0 Å². The number of halogens is 2. The first-order valence-corrected chi connectivity index (χ1v) is 13.3. The van der Waals surface area contributed by atoms with E-state index in [1.807, 2.05) is 19.9 Å². The predicted octanol–water partition coefficient (Wildman–Crippen LogP) is 3.69. The van der Waals surface area contributed by atoms with E-state index in [1.165, 1.54) is 4.90 Å². The lowest BCUT2D eigenvalue weighted by Crippen LogP contribution is -2.60. The van der Waals surface area contributed by atoms with Crippen LogP contribution in [0.15, 0.2) is 23.8 Å². The highest BCUT2D eigenvalue weighted by molar-refractivity contribution is 6.18. The van der Waals surface area contributed by atoms with Crippen molar-refractivity contribution in [3.8, 4) is 0 Å². The molecule has 0 heterocycles. The summed E-state index contributed by atoms with van der Waals surface area (Å²) in [5, 5.41) is 11.7. The Morgan fingerprint density at radius 2 is 1.86 bits per heavy atom. The number of rotatable bonds is 7. The van der Waals surface area contributed by atoms with Crippen molar-refractivity contribution in [1.29, 1.82) is 0 Å². The summed E-state index contributed by atoms with van der Waals surface area (Å²) in [6.45, 7) is 3.75. The highest BCUT2D eigenvalue weighted by atomic mass is 35.5. The number of hydrogen-bond donors (Lipinski definition) is 1. The summed E-state index contributed by atoms with van der Waals surface area (Å²) in [4.78, 5) is 52.6. The van der Waals surface area contributed by atoms with Gasteiger partial charge >= 0.3 is 6.09 Å². The van der Waals surface area contributed by atoms with Crippen LogP contribution >= 0.6 is 23.2 Å². The largest absolute Gasteiger partial charge is 0.441 e. The molecule has 35 heavy (non-hydrogen) atoms. The second-order valence-electron chi connectivity index (χ2n) is 10.8. The number of carbonyl (C=O) groups is 4. The standard InChI is InChI=1S/C26H33Cl2NO6/c1-24-7-5-17(30)13-16(24)3-4-18-19-6-8-26(34,25(19,2)14-20(31)22(18)24)21(32)15-35-23(33)29(11-9-27)12-10-28/h5,7,13,18-19,22,34H,3-4,6,8-12,14-15H2,1-2H3. The van der Waals surface area contributed by atoms with Crippen LogP contribution in [0.1, 0.15) is 46.0 Å². The van der Waals surface area contributed by atoms with Crippen molar-refractivity contribution in [3.63, 3.8) is 0 Å². The maximum Gasteiger partial charge on any atom is 0.410 e. The van der Waals surface area contributed by atoms with Gasteiger partial charge in [-0.15, -0.1) is 23.2 Å². The molecule has 0 saturated heterocycles. The smallest absolute Gasteiger partial charge is 0.410 e. The van der Waals surface area contributed by atoms with Crippen LogP contribution in [0.25, 0.3) is 0 Å². The zero-order valence-electron chi connectivity index (χ0n) is 20.2. The number of hydrogen-bond acceptors (Lipinski definition) is 6. The van der Waals surface area contributed by atoms with E-state index < -0.39 is 34.9 Å². The molecule has 4 aliphatic rings. The molecule has 6 atom stereocenters. The van der Waals surface area contributed by atoms with Crippen LogP contribution in [0.4, 0.5) is 4.79 Å². The zero-order chi connectivity index (χ0) is 25.6. The van der Waals surface area contributed by atoms with Gasteiger partial charge < -0.3 is 14.7 Å². The minimum Gasteiger partial charge on any atom is -0.441 e. The first-order valence-electron chi connectivity index (χ1n) is 12.3. The highest BCUT2D eigenvalue weighted by Gasteiger charge is 2.68. The molecule has 0 aromatic rings. The summed E-state index contributed by atoms with van der Waals surface area (Å²) in [6, 6.07) is 0. The second-order valence-corrected chi connectivity index (χ2v) is 11.5. The average Bonchev–Trinajstić information content (AvgIpc) is 3.08. The number of alkyl halides is 2. The van der Waals surface area contributed by atoms with Gasteiger partial charge in [0.15, 0.2) is 12.4 Å². The highest BCUT2D eigenvalue weighted by Crippen LogP contribution is 2.66. The summed E-state index contributed by atoms with van der Waals surface area (Å²) < 4.78 is 5.23. The molecule has 1 amide bonds. The summed E-state index contributed by atoms with van der Waals surface area (Å²) in [5.41, 5.74) is -2.20. The Morgan fingerprint density at radius 3 is 2.51 bits per heavy atom. The third-order valence-corrected chi connectivity index (χ3v) is 9.50. The first kappa shape index (κ1) is 26.4. The number of ketones is 3. The number of ether oxygens (including phenoxy) is 1. The van der Waals surface area contributed by atoms with Crippen LogP contribution in [-0.4, -0.2) is 70.5 Å². The Morgan fingerprint density at radius 1 is 1.17 bits per heavy atom. The summed E-state index contributed by atoms with van der Waals surface area (Å²) in [5.74, 6) is -0.501. The van der Waals surface area contributed by atoms with Gasteiger partial charge in [0.1, 0.15) is 11.4 Å². The lowest BCUT2D eigenvalue weighted by Gasteiger charge is -2.56. The SMILES string of the molecule is CC12C=CC(=O)C=C1CCC1C2C(=O)CC2(C)C1CCC2(O)C(=O)COC(=O)N(CCCl)CCCl. The zero-order valence-corrected chi connectivity index (χ0v) is 21.7. The second kappa shape index (κ2) is 9.64. The van der Waals surface area contributed by atoms with Gasteiger partial charge in [-0.2, -0.15) is 0 Å². The average molecular weight is 526 g/mol. The first-order chi connectivity index (χ1) is 16.5. The number of amides is 1. The number of fused-ring (bicyclic) bond motifs is 5. The van der Waals surface area contributed by atoms with Crippen LogP contribution in [0.3, 0.4) is 0 Å². The molecule has 4 rings (SSSR count). The van der Waals surface area contributed by atoms with Gasteiger partial charge in [0.05, 0.1) is 0 Å². The molecular weight excluding hydrogens is 493 g/mol. The van der Waals surface area contributed by atoms with E-state index in [0.29, 0.717) is 12.8 Å². The van der Waals surface area contributed by atoms with E-state index in [2.05, 4.69) is 0 Å². The predicted molar refractivity (Wildman–Crippen MR) is 131 cm³/mol. The molecule has 0 spiro atoms. The van der Waals surface area contributed by atoms with Crippen molar-refractivity contribution in [1.82, 2.24) is 4.90 Å². The molecular formula is C26H33Cl2NO6. The fourth-order valence-electron chi connectivity index (χ4n) is 7.33. The van der Waals surface area contributed by atoms with Gasteiger partial charge in [-0.3, -0.25) is 14.4 Å². The van der Waals surface area contributed by atoms with Crippen LogP contribution in [-0.2, 0) is 19.1 Å². The Bertz CT molecular complexity index is 988. The quantitative estimate of drug-likeness (QED) is 0.508. The van der Waals surface area contributed by atoms with Crippen molar-refractivity contribution in [2.24, 2.45) is 28.6 Å². The topological polar surface area (TPSA) is 101 Å². The van der Waals surface area contributed by atoms with Gasteiger partial charge in [0.25, 0.3) is 0 Å². The minimum absolute atomic E-state index is 0.00793. The molecule has 0 aromatic heterocycles. The Labute approximate surface area is 215 Å². The number of allylic oxidation sites excluding steroid dienone is 4. The van der Waals surface area contributed by atoms with Gasteiger partial charge in [0, 0.05) is 48.0 Å². The number of carbonyl (C=O) groups excluding carboxylic acids is 4. The molecule has 1 N–H and O–H groups in total. The third kappa shape index (κ3) is 4.17. The Hall–Kier alpha value is -1.70. The number of nitrogens with zero attached hydrogens (tertiary/aromatic N) is 1. The Kier molecular flexibility index (Phi) is 7.26. The van der Waals surface area contributed by atoms with E-state index in [1.54, 1.807) is 12.2 Å². The molecule has 7 nitrogen and oxygen atoms in total. The van der Waals surface area contributed by atoms with Crippen LogP contribution < -0.4 is 0 Å². The van der Waals surface area contributed by atoms with Crippen molar-refractivity contribution in [3.05, 3.63) is 23.8 Å². The molecule has 0 bridgehead atoms. The lowest BCUT2D eigenvalue weighted by atomic mass is 9.46. The van der Waals surface area contributed by atoms with Gasteiger partial charge in [-0.05, 0) is 49.7 Å². The molecule has 0 aromatic carbocycles. The fourth-order valence-corrected chi connectivity index (χ4v) is 7.74. The molecule has 9 heteroatoms. The van der Waals surface area contributed by atoms with Crippen LogP contribution in [0.2, 0.25) is 0 Å². The molecule has 3 saturated carbocycles. The molecule has 4 aliphatic carbocycles. The normalized spacial score (nSPS) is 37.7. The summed E-state index contributed by atoms with van der Waals surface area (Å²) in [6.07, 6.45) is 6.75. The Balaban J connectivity index is 1.53. The molecule has 0 aliphatic heterocycles. The minimum atomic E-state index is -1.75. The number of aliphatic hydroxyl groups is 1. The van der Waals surface area contributed by atoms with E-state index >= 15 is 0 Å². The van der Waals surface area contributed by atoms with E-state index in [4.69, 9.17) is 27.9 Å². The van der Waals surface area contributed by atoms with E-state index in [9.17, 15) is 24.3 Å². The maximum absolute atomic E-state index is 13.6. The fraction of sp³-hybridized carbons (Fsp3) is 0.692. The maximum atomic E-state index is 13.6. The molecule has 6 unspecified atom stereocenters. The molecule has 0 radical (unpaired) electrons. The lowest BCUT2D eigenvalue weighted by molar-refractivity contribution is -0.169. The summed E-state index contributed by atoms with van der Waals surface area (Å²) in [7, 11) is 0. The molecule has 192 valence electrons. The van der Waals surface area contributed by atoms with Crippen LogP contribution in [0, 0.1) is 28.6 Å². The number of Topliss-reactive ketones (excluding diaryl/α,β-unsaturated/α-hetero) is 2. The van der Waals surface area contributed by atoms with Crippen molar-refractivity contribution in [2.45, 2.75) is 51.6 Å². The third-order valence-electron chi connectivity index (χ3n) is 9.16. The van der Waals surface area contributed by atoms with Crippen molar-refractivity contribution < 1.29 is 29.0 Å². The summed E-state index contributed by atoms with van der Waals surface area (Å²) >= 11 is 11.5. The molecule has 3 fully saturated rings. The van der Waals surface area contributed by atoms with Gasteiger partial charge in [-0.25, -0.2) is 4.79 Å². The van der Waals surface area contributed by atoms with Crippen LogP contribution in [0.5, 0.6) is 0 Å². The van der Waals surface area contributed by atoms with Crippen molar-refractivity contribution in [2.75, 3.05) is 31.5 Å².